The first-order valence-electron chi connectivity index (χ1n) is 8.41. The van der Waals surface area contributed by atoms with Crippen molar-refractivity contribution < 1.29 is 28.0 Å². The largest absolute Gasteiger partial charge is 0.366 e. The van der Waals surface area contributed by atoms with Gasteiger partial charge in [0.1, 0.15) is 23.7 Å². The minimum Gasteiger partial charge on any atom is -0.366 e. The molecule has 1 saturated heterocycles. The van der Waals surface area contributed by atoms with Gasteiger partial charge in [0.2, 0.25) is 11.8 Å². The van der Waals surface area contributed by atoms with Gasteiger partial charge in [-0.2, -0.15) is 0 Å². The Bertz CT molecular complexity index is 1030. The van der Waals surface area contributed by atoms with E-state index in [0.717, 1.165) is 18.2 Å². The van der Waals surface area contributed by atoms with Crippen LogP contribution in [0.3, 0.4) is 0 Å². The van der Waals surface area contributed by atoms with Crippen molar-refractivity contribution in [3.8, 4) is 0 Å². The van der Waals surface area contributed by atoms with Crippen molar-refractivity contribution in [2.45, 2.75) is 12.5 Å². The minimum absolute atomic E-state index is 0.241. The van der Waals surface area contributed by atoms with E-state index < -0.39 is 47.5 Å². The van der Waals surface area contributed by atoms with Crippen molar-refractivity contribution in [2.24, 2.45) is 5.73 Å². The molecule has 1 aliphatic heterocycles. The first kappa shape index (κ1) is 19.9. The third kappa shape index (κ3) is 3.77. The van der Waals surface area contributed by atoms with E-state index >= 15 is 0 Å². The maximum Gasteiger partial charge on any atom is 0.325 e. The van der Waals surface area contributed by atoms with Crippen molar-refractivity contribution in [1.82, 2.24) is 10.2 Å². The Morgan fingerprint density at radius 1 is 1.14 bits per heavy atom. The van der Waals surface area contributed by atoms with E-state index in [0.29, 0.717) is 10.6 Å². The number of nitrogens with one attached hydrogen (secondary N) is 2. The van der Waals surface area contributed by atoms with E-state index in [2.05, 4.69) is 10.6 Å². The van der Waals surface area contributed by atoms with E-state index in [1.807, 2.05) is 0 Å². The van der Waals surface area contributed by atoms with Gasteiger partial charge in [0.05, 0.1) is 0 Å². The average molecular weight is 402 g/mol. The smallest absolute Gasteiger partial charge is 0.325 e. The predicted octanol–water partition coefficient (Wildman–Crippen LogP) is 1.47. The molecule has 0 aliphatic carbocycles. The van der Waals surface area contributed by atoms with Crippen LogP contribution in [0.5, 0.6) is 0 Å². The highest BCUT2D eigenvalue weighted by atomic mass is 19.1. The number of hydrogen-bond acceptors (Lipinski definition) is 4. The fourth-order valence-electron chi connectivity index (χ4n) is 2.97. The molecule has 0 radical (unpaired) electrons. The number of anilines is 1. The number of halogens is 2. The van der Waals surface area contributed by atoms with Gasteiger partial charge in [-0.05, 0) is 49.4 Å². The molecule has 8 nitrogen and oxygen atoms in total. The van der Waals surface area contributed by atoms with Crippen LogP contribution in [0.2, 0.25) is 0 Å². The molecule has 4 N–H and O–H groups in total. The summed E-state index contributed by atoms with van der Waals surface area (Å²) in [5.41, 5.74) is 3.48. The van der Waals surface area contributed by atoms with Gasteiger partial charge in [0.15, 0.2) is 0 Å². The highest BCUT2D eigenvalue weighted by Crippen LogP contribution is 2.31. The fourth-order valence-corrected chi connectivity index (χ4v) is 2.97. The number of carbonyl (C=O) groups excluding carboxylic acids is 4. The molecule has 1 aliphatic rings. The van der Waals surface area contributed by atoms with Gasteiger partial charge in [-0.25, -0.2) is 13.6 Å². The Morgan fingerprint density at radius 2 is 1.79 bits per heavy atom. The van der Waals surface area contributed by atoms with Gasteiger partial charge in [0, 0.05) is 16.8 Å². The van der Waals surface area contributed by atoms with Crippen molar-refractivity contribution in [2.75, 3.05) is 11.9 Å². The lowest BCUT2D eigenvalue weighted by Gasteiger charge is -2.22. The normalized spacial score (nSPS) is 18.5. The number of nitrogens with two attached hydrogens (primary N) is 1. The Labute approximate surface area is 163 Å². The number of carbonyl (C=O) groups is 4. The number of hydrogen-bond donors (Lipinski definition) is 3. The number of amides is 5. The van der Waals surface area contributed by atoms with E-state index in [4.69, 9.17) is 5.73 Å². The van der Waals surface area contributed by atoms with E-state index in [1.54, 1.807) is 0 Å². The summed E-state index contributed by atoms with van der Waals surface area (Å²) in [7, 11) is 0. The highest BCUT2D eigenvalue weighted by Gasteiger charge is 2.50. The van der Waals surface area contributed by atoms with Crippen LogP contribution in [0.1, 0.15) is 22.8 Å². The number of urea groups is 1. The molecule has 3 rings (SSSR count). The topological polar surface area (TPSA) is 122 Å². The van der Waals surface area contributed by atoms with E-state index in [9.17, 15) is 28.0 Å². The second-order valence-electron chi connectivity index (χ2n) is 6.56. The van der Waals surface area contributed by atoms with Crippen LogP contribution in [0.15, 0.2) is 42.5 Å². The van der Waals surface area contributed by atoms with Crippen molar-refractivity contribution in [3.63, 3.8) is 0 Å². The summed E-state index contributed by atoms with van der Waals surface area (Å²) in [6.07, 6.45) is 0. The second-order valence-corrected chi connectivity index (χ2v) is 6.56. The van der Waals surface area contributed by atoms with Crippen LogP contribution >= 0.6 is 0 Å². The summed E-state index contributed by atoms with van der Waals surface area (Å²) in [5.74, 6) is -3.88. The van der Waals surface area contributed by atoms with Crippen LogP contribution in [-0.4, -0.2) is 35.2 Å². The summed E-state index contributed by atoms with van der Waals surface area (Å²) in [5, 5.41) is 4.77. The lowest BCUT2D eigenvalue weighted by Crippen LogP contribution is -2.42. The molecule has 10 heteroatoms. The third-order valence-corrected chi connectivity index (χ3v) is 4.50. The molecule has 1 atom stereocenters. The molecule has 0 bridgehead atoms. The summed E-state index contributed by atoms with van der Waals surface area (Å²) in [6.45, 7) is 0.584. The van der Waals surface area contributed by atoms with Crippen molar-refractivity contribution in [1.29, 1.82) is 0 Å². The molecule has 1 unspecified atom stereocenters. The summed E-state index contributed by atoms with van der Waals surface area (Å²) in [4.78, 5) is 48.9. The molecular formula is C19H16F2N4O4. The molecule has 1 fully saturated rings. The summed E-state index contributed by atoms with van der Waals surface area (Å²) >= 11 is 0. The molecule has 5 amide bonds. The Hall–Kier alpha value is -3.82. The Balaban J connectivity index is 1.75. The van der Waals surface area contributed by atoms with Crippen LogP contribution in [-0.2, 0) is 15.1 Å². The summed E-state index contributed by atoms with van der Waals surface area (Å²) in [6, 6.07) is 7.29. The van der Waals surface area contributed by atoms with Gasteiger partial charge < -0.3 is 16.4 Å². The van der Waals surface area contributed by atoms with Crippen LogP contribution < -0.4 is 16.4 Å². The molecule has 0 saturated carbocycles. The standard InChI is InChI=1S/C19H16F2N4O4/c1-19(13-8-11(20)4-7-14(13)21)17(28)25(18(29)24-19)9-15(26)23-12-5-2-10(3-6-12)16(22)27/h2-8H,9H2,1H3,(H2,22,27)(H,23,26)(H,24,29). The first-order valence-corrected chi connectivity index (χ1v) is 8.41. The van der Waals surface area contributed by atoms with Crippen LogP contribution in [0.4, 0.5) is 19.3 Å². The van der Waals surface area contributed by atoms with Gasteiger partial charge in [-0.1, -0.05) is 0 Å². The zero-order valence-electron chi connectivity index (χ0n) is 15.2. The highest BCUT2D eigenvalue weighted by molar-refractivity contribution is 6.10. The molecule has 0 spiro atoms. The fraction of sp³-hybridized carbons (Fsp3) is 0.158. The SMILES string of the molecule is CC1(c2cc(F)ccc2F)NC(=O)N(CC(=O)Nc2ccc(C(N)=O)cc2)C1=O. The molecule has 2 aromatic rings. The molecule has 1 heterocycles. The van der Waals surface area contributed by atoms with Gasteiger partial charge in [0.25, 0.3) is 5.91 Å². The van der Waals surface area contributed by atoms with E-state index in [1.165, 1.54) is 31.2 Å². The quantitative estimate of drug-likeness (QED) is 0.656. The Kier molecular flexibility index (Phi) is 5.02. The molecule has 29 heavy (non-hydrogen) atoms. The molecule has 150 valence electrons. The molecule has 0 aromatic heterocycles. The zero-order valence-corrected chi connectivity index (χ0v) is 15.2. The van der Waals surface area contributed by atoms with Crippen molar-refractivity contribution >= 4 is 29.4 Å². The lowest BCUT2D eigenvalue weighted by molar-refractivity contribution is -0.133. The predicted molar refractivity (Wildman–Crippen MR) is 97.5 cm³/mol. The maximum absolute atomic E-state index is 14.1. The average Bonchev–Trinajstić information content (AvgIpc) is 2.88. The first-order chi connectivity index (χ1) is 13.6. The number of nitrogens with zero attached hydrogens (tertiary/aromatic N) is 1. The molecule has 2 aromatic carbocycles. The number of benzene rings is 2. The number of rotatable bonds is 5. The zero-order chi connectivity index (χ0) is 21.3. The monoisotopic (exact) mass is 402 g/mol. The molecular weight excluding hydrogens is 386 g/mol. The van der Waals surface area contributed by atoms with Crippen molar-refractivity contribution in [3.05, 3.63) is 65.2 Å². The third-order valence-electron chi connectivity index (χ3n) is 4.50. The number of primary amides is 1. The van der Waals surface area contributed by atoms with Gasteiger partial charge >= 0.3 is 6.03 Å². The Morgan fingerprint density at radius 3 is 2.41 bits per heavy atom. The van der Waals surface area contributed by atoms with Crippen LogP contribution in [0.25, 0.3) is 0 Å². The van der Waals surface area contributed by atoms with Crippen LogP contribution in [0, 0.1) is 11.6 Å². The van der Waals surface area contributed by atoms with E-state index in [-0.39, 0.29) is 11.1 Å². The lowest BCUT2D eigenvalue weighted by atomic mass is 9.91. The van der Waals surface area contributed by atoms with Gasteiger partial charge in [-0.15, -0.1) is 0 Å². The maximum atomic E-state index is 14.1. The minimum atomic E-state index is -1.85. The number of imide groups is 1. The summed E-state index contributed by atoms with van der Waals surface area (Å²) < 4.78 is 27.7. The van der Waals surface area contributed by atoms with Gasteiger partial charge in [-0.3, -0.25) is 19.3 Å². The second kappa shape index (κ2) is 7.30.